The number of para-hydroxylation sites is 2. The van der Waals surface area contributed by atoms with E-state index in [2.05, 4.69) is 5.32 Å². The molecule has 7 nitrogen and oxygen atoms in total. The summed E-state index contributed by atoms with van der Waals surface area (Å²) in [4.78, 5) is 40.1. The summed E-state index contributed by atoms with van der Waals surface area (Å²) in [5.41, 5.74) is 3.10. The summed E-state index contributed by atoms with van der Waals surface area (Å²) in [5.74, 6) is -0.324. The van der Waals surface area contributed by atoms with Crippen molar-refractivity contribution in [3.63, 3.8) is 0 Å². The molecular weight excluding hydrogens is 528 g/mol. The molecule has 1 fully saturated rings. The third-order valence-corrected chi connectivity index (χ3v) is 7.57. The van der Waals surface area contributed by atoms with Crippen LogP contribution in [0.15, 0.2) is 109 Å². The van der Waals surface area contributed by atoms with Gasteiger partial charge in [-0.1, -0.05) is 79.2 Å². The number of carboxylic acids is 1. The van der Waals surface area contributed by atoms with E-state index in [9.17, 15) is 19.5 Å². The molecule has 0 aromatic heterocycles. The van der Waals surface area contributed by atoms with Gasteiger partial charge in [-0.15, -0.1) is 0 Å². The van der Waals surface area contributed by atoms with Gasteiger partial charge in [-0.25, -0.2) is 4.79 Å². The number of amides is 1. The lowest BCUT2D eigenvalue weighted by molar-refractivity contribution is -0.137. The minimum absolute atomic E-state index is 0.0868. The molecule has 4 aromatic carbocycles. The molecule has 1 aliphatic carbocycles. The van der Waals surface area contributed by atoms with E-state index in [0.717, 1.165) is 30.5 Å². The van der Waals surface area contributed by atoms with Crippen LogP contribution in [0.5, 0.6) is 5.75 Å². The fourth-order valence-corrected chi connectivity index (χ4v) is 5.00. The SMILES string of the molecule is O=C(c1ccccc1)c1ccccc1NC(Cc1ccc(OCCN(C(=O)C2CCC2)c2ccccc2)cc1)C(=O)O. The van der Waals surface area contributed by atoms with Crippen LogP contribution in [0, 0.1) is 5.92 Å². The largest absolute Gasteiger partial charge is 0.492 e. The van der Waals surface area contributed by atoms with Gasteiger partial charge in [0.05, 0.1) is 6.54 Å². The van der Waals surface area contributed by atoms with E-state index in [1.54, 1.807) is 48.5 Å². The highest BCUT2D eigenvalue weighted by molar-refractivity contribution is 6.12. The van der Waals surface area contributed by atoms with E-state index in [1.807, 2.05) is 65.6 Å². The Morgan fingerprint density at radius 3 is 2.12 bits per heavy atom. The molecule has 4 aromatic rings. The molecule has 1 aliphatic rings. The van der Waals surface area contributed by atoms with Gasteiger partial charge in [0.15, 0.2) is 5.78 Å². The van der Waals surface area contributed by atoms with Crippen LogP contribution in [-0.2, 0) is 16.0 Å². The van der Waals surface area contributed by atoms with Crippen LogP contribution in [0.4, 0.5) is 11.4 Å². The first-order valence-corrected chi connectivity index (χ1v) is 14.3. The van der Waals surface area contributed by atoms with Gasteiger partial charge in [-0.05, 0) is 54.8 Å². The number of carbonyl (C=O) groups excluding carboxylic acids is 2. The highest BCUT2D eigenvalue weighted by atomic mass is 16.5. The number of benzene rings is 4. The van der Waals surface area contributed by atoms with Crippen molar-refractivity contribution in [1.82, 2.24) is 0 Å². The Bertz CT molecular complexity index is 1500. The van der Waals surface area contributed by atoms with Crippen molar-refractivity contribution in [1.29, 1.82) is 0 Å². The smallest absolute Gasteiger partial charge is 0.326 e. The van der Waals surface area contributed by atoms with Crippen molar-refractivity contribution in [3.8, 4) is 5.75 Å². The molecule has 0 bridgehead atoms. The third kappa shape index (κ3) is 7.04. The number of hydrogen-bond acceptors (Lipinski definition) is 5. The molecule has 0 saturated heterocycles. The Morgan fingerprint density at radius 1 is 0.833 bits per heavy atom. The molecule has 0 aliphatic heterocycles. The van der Waals surface area contributed by atoms with Gasteiger partial charge in [0, 0.05) is 34.8 Å². The molecule has 2 N–H and O–H groups in total. The quantitative estimate of drug-likeness (QED) is 0.187. The highest BCUT2D eigenvalue weighted by Crippen LogP contribution is 2.30. The third-order valence-electron chi connectivity index (χ3n) is 7.57. The maximum Gasteiger partial charge on any atom is 0.326 e. The van der Waals surface area contributed by atoms with Crippen molar-refractivity contribution in [2.45, 2.75) is 31.7 Å². The van der Waals surface area contributed by atoms with Crippen LogP contribution in [0.3, 0.4) is 0 Å². The zero-order chi connectivity index (χ0) is 29.3. The Balaban J connectivity index is 1.20. The number of carboxylic acid groups (broad SMARTS) is 1. The van der Waals surface area contributed by atoms with E-state index in [4.69, 9.17) is 4.74 Å². The van der Waals surface area contributed by atoms with Gasteiger partial charge in [0.1, 0.15) is 18.4 Å². The normalized spacial score (nSPS) is 13.4. The van der Waals surface area contributed by atoms with Gasteiger partial charge in [-0.3, -0.25) is 9.59 Å². The van der Waals surface area contributed by atoms with Crippen LogP contribution in [0.25, 0.3) is 0 Å². The minimum Gasteiger partial charge on any atom is -0.492 e. The van der Waals surface area contributed by atoms with Gasteiger partial charge >= 0.3 is 5.97 Å². The van der Waals surface area contributed by atoms with Gasteiger partial charge in [0.25, 0.3) is 0 Å². The average Bonchev–Trinajstić information content (AvgIpc) is 2.99. The van der Waals surface area contributed by atoms with Gasteiger partial charge < -0.3 is 20.1 Å². The number of ether oxygens (including phenoxy) is 1. The Kier molecular flexibility index (Phi) is 9.29. The fourth-order valence-electron chi connectivity index (χ4n) is 5.00. The summed E-state index contributed by atoms with van der Waals surface area (Å²) in [5, 5.41) is 13.0. The van der Waals surface area contributed by atoms with Crippen LogP contribution in [0.1, 0.15) is 40.7 Å². The molecule has 214 valence electrons. The van der Waals surface area contributed by atoms with Crippen LogP contribution >= 0.6 is 0 Å². The maximum atomic E-state index is 13.1. The minimum atomic E-state index is -1.02. The first kappa shape index (κ1) is 28.6. The van der Waals surface area contributed by atoms with E-state index in [-0.39, 0.29) is 24.0 Å². The van der Waals surface area contributed by atoms with E-state index in [0.29, 0.717) is 35.7 Å². The number of aliphatic carboxylic acids is 1. The molecule has 1 unspecified atom stereocenters. The predicted octanol–water partition coefficient (Wildman–Crippen LogP) is 6.24. The van der Waals surface area contributed by atoms with Crippen LogP contribution in [-0.4, -0.2) is 42.0 Å². The first-order chi connectivity index (χ1) is 20.5. The Labute approximate surface area is 245 Å². The topological polar surface area (TPSA) is 95.9 Å². The summed E-state index contributed by atoms with van der Waals surface area (Å²) >= 11 is 0. The molecule has 1 saturated carbocycles. The molecule has 1 amide bonds. The number of anilines is 2. The second kappa shape index (κ2) is 13.6. The van der Waals surface area contributed by atoms with Crippen molar-refractivity contribution in [2.24, 2.45) is 5.92 Å². The number of rotatable bonds is 13. The predicted molar refractivity (Wildman–Crippen MR) is 163 cm³/mol. The standard InChI is InChI=1S/C35H34N2O5/c38-33(26-10-3-1-4-11-26)30-16-7-8-17-31(30)36-32(35(40)41)24-25-18-20-29(21-19-25)42-23-22-37(28-14-5-2-6-15-28)34(39)27-12-9-13-27/h1-8,10-11,14-21,27,32,36H,9,12-13,22-24H2,(H,40,41). The second-order valence-electron chi connectivity index (χ2n) is 10.4. The maximum absolute atomic E-state index is 13.1. The first-order valence-electron chi connectivity index (χ1n) is 14.3. The number of carbonyl (C=O) groups is 3. The van der Waals surface area contributed by atoms with Crippen molar-refractivity contribution >= 4 is 29.0 Å². The fraction of sp³-hybridized carbons (Fsp3) is 0.229. The molecular formula is C35H34N2O5. The van der Waals surface area contributed by atoms with Crippen LogP contribution < -0.4 is 15.0 Å². The number of hydrogen-bond donors (Lipinski definition) is 2. The summed E-state index contributed by atoms with van der Waals surface area (Å²) < 4.78 is 5.96. The summed E-state index contributed by atoms with van der Waals surface area (Å²) in [6, 6.07) is 31.9. The van der Waals surface area contributed by atoms with E-state index >= 15 is 0 Å². The molecule has 0 spiro atoms. The van der Waals surface area contributed by atoms with E-state index in [1.165, 1.54) is 0 Å². The number of ketones is 1. The lowest BCUT2D eigenvalue weighted by Gasteiger charge is -2.31. The zero-order valence-electron chi connectivity index (χ0n) is 23.3. The van der Waals surface area contributed by atoms with E-state index < -0.39 is 12.0 Å². The Hall–Kier alpha value is -4.91. The number of nitrogens with one attached hydrogen (secondary N) is 1. The zero-order valence-corrected chi connectivity index (χ0v) is 23.3. The molecule has 42 heavy (non-hydrogen) atoms. The van der Waals surface area contributed by atoms with Gasteiger partial charge in [0.2, 0.25) is 5.91 Å². The van der Waals surface area contributed by atoms with Crippen molar-refractivity contribution in [3.05, 3.63) is 126 Å². The van der Waals surface area contributed by atoms with Crippen LogP contribution in [0.2, 0.25) is 0 Å². The lowest BCUT2D eigenvalue weighted by atomic mass is 9.84. The second-order valence-corrected chi connectivity index (χ2v) is 10.4. The summed E-state index contributed by atoms with van der Waals surface area (Å²) in [7, 11) is 0. The van der Waals surface area contributed by atoms with Gasteiger partial charge in [-0.2, -0.15) is 0 Å². The monoisotopic (exact) mass is 562 g/mol. The van der Waals surface area contributed by atoms with Crippen molar-refractivity contribution in [2.75, 3.05) is 23.4 Å². The molecule has 1 atom stereocenters. The Morgan fingerprint density at radius 2 is 1.48 bits per heavy atom. The lowest BCUT2D eigenvalue weighted by Crippen LogP contribution is -2.41. The average molecular weight is 563 g/mol. The van der Waals surface area contributed by atoms with Crippen molar-refractivity contribution < 1.29 is 24.2 Å². The molecule has 0 heterocycles. The summed E-state index contributed by atoms with van der Waals surface area (Å²) in [6.07, 6.45) is 3.18. The number of nitrogens with zero attached hydrogens (tertiary/aromatic N) is 1. The molecule has 0 radical (unpaired) electrons. The highest BCUT2D eigenvalue weighted by Gasteiger charge is 2.30. The molecule has 7 heteroatoms. The summed E-state index contributed by atoms with van der Waals surface area (Å²) in [6.45, 7) is 0.769. The molecule has 5 rings (SSSR count).